The Morgan fingerprint density at radius 3 is 2.71 bits per heavy atom. The molecule has 17 heavy (non-hydrogen) atoms. The maximum absolute atomic E-state index is 9.74. The molecule has 0 radical (unpaired) electrons. The van der Waals surface area contributed by atoms with Crippen LogP contribution in [0.25, 0.3) is 0 Å². The minimum atomic E-state index is -0.349. The Labute approximate surface area is 111 Å². The molecule has 0 aliphatic carbocycles. The molecule has 1 rings (SSSR count). The number of aliphatic hydroxyl groups is 1. The lowest BCUT2D eigenvalue weighted by atomic mass is 10.1. The topological polar surface area (TPSA) is 56.0 Å². The molecule has 0 aromatic heterocycles. The quantitative estimate of drug-likeness (QED) is 0.878. The normalized spacial score (nSPS) is 12.2. The number of rotatable bonds is 5. The van der Waals surface area contributed by atoms with Gasteiger partial charge in [-0.2, -0.15) is 5.26 Å². The second-order valence-corrected chi connectivity index (χ2v) is 5.33. The van der Waals surface area contributed by atoms with Crippen LogP contribution >= 0.6 is 15.9 Å². The second kappa shape index (κ2) is 6.63. The summed E-state index contributed by atoms with van der Waals surface area (Å²) in [6.07, 6.45) is 0.429. The van der Waals surface area contributed by atoms with Crippen molar-refractivity contribution in [2.75, 3.05) is 11.9 Å². The molecular weight excluding hydrogens is 280 g/mol. The Hall–Kier alpha value is -1.05. The molecular formula is C13H17BrN2O. The van der Waals surface area contributed by atoms with Crippen LogP contribution in [0.2, 0.25) is 0 Å². The van der Waals surface area contributed by atoms with Gasteiger partial charge in [0.05, 0.1) is 17.7 Å². The van der Waals surface area contributed by atoms with Gasteiger partial charge >= 0.3 is 0 Å². The standard InChI is InChI=1S/C13H17BrN2O/c1-9(2)5-11(17)8-16-13-4-3-10(7-15)6-12(13)14/h3-4,6,9,11,16-17H,5,8H2,1-2H3. The van der Waals surface area contributed by atoms with Crippen LogP contribution in [0.3, 0.4) is 0 Å². The minimum absolute atomic E-state index is 0.349. The second-order valence-electron chi connectivity index (χ2n) is 4.47. The summed E-state index contributed by atoms with van der Waals surface area (Å²) in [7, 11) is 0. The van der Waals surface area contributed by atoms with Crippen molar-refractivity contribution >= 4 is 21.6 Å². The van der Waals surface area contributed by atoms with Gasteiger partial charge < -0.3 is 10.4 Å². The lowest BCUT2D eigenvalue weighted by molar-refractivity contribution is 0.161. The molecule has 0 saturated heterocycles. The van der Waals surface area contributed by atoms with Crippen LogP contribution in [0.1, 0.15) is 25.8 Å². The summed E-state index contributed by atoms with van der Waals surface area (Å²) in [6.45, 7) is 4.68. The van der Waals surface area contributed by atoms with Gasteiger partial charge in [0, 0.05) is 16.7 Å². The third-order valence-electron chi connectivity index (χ3n) is 2.37. The van der Waals surface area contributed by atoms with Crippen molar-refractivity contribution in [3.8, 4) is 6.07 Å². The maximum Gasteiger partial charge on any atom is 0.0992 e. The number of anilines is 1. The molecule has 0 bridgehead atoms. The number of nitrogens with one attached hydrogen (secondary N) is 1. The van der Waals surface area contributed by atoms with E-state index >= 15 is 0 Å². The van der Waals surface area contributed by atoms with Crippen molar-refractivity contribution in [1.82, 2.24) is 0 Å². The Balaban J connectivity index is 2.55. The fraction of sp³-hybridized carbons (Fsp3) is 0.462. The SMILES string of the molecule is CC(C)CC(O)CNc1ccc(C#N)cc1Br. The predicted octanol–water partition coefficient (Wildman–Crippen LogP) is 3.14. The van der Waals surface area contributed by atoms with Crippen LogP contribution in [0.4, 0.5) is 5.69 Å². The summed E-state index contributed by atoms with van der Waals surface area (Å²) in [5, 5.41) is 21.6. The summed E-state index contributed by atoms with van der Waals surface area (Å²) in [4.78, 5) is 0. The molecule has 0 heterocycles. The van der Waals surface area contributed by atoms with Crippen LogP contribution in [0.5, 0.6) is 0 Å². The molecule has 3 nitrogen and oxygen atoms in total. The molecule has 0 aliphatic rings. The molecule has 0 saturated carbocycles. The predicted molar refractivity (Wildman–Crippen MR) is 72.8 cm³/mol. The average Bonchev–Trinajstić information content (AvgIpc) is 2.26. The molecule has 0 spiro atoms. The Bertz CT molecular complexity index is 412. The van der Waals surface area contributed by atoms with Crippen molar-refractivity contribution in [2.45, 2.75) is 26.4 Å². The van der Waals surface area contributed by atoms with Crippen LogP contribution in [-0.2, 0) is 0 Å². The molecule has 4 heteroatoms. The van der Waals surface area contributed by atoms with Crippen LogP contribution in [0, 0.1) is 17.2 Å². The number of aliphatic hydroxyl groups excluding tert-OH is 1. The average molecular weight is 297 g/mol. The van der Waals surface area contributed by atoms with Crippen molar-refractivity contribution in [2.24, 2.45) is 5.92 Å². The first kappa shape index (κ1) is 14.0. The highest BCUT2D eigenvalue weighted by Gasteiger charge is 2.08. The van der Waals surface area contributed by atoms with Gasteiger partial charge in [0.2, 0.25) is 0 Å². The van der Waals surface area contributed by atoms with Gasteiger partial charge in [-0.3, -0.25) is 0 Å². The van der Waals surface area contributed by atoms with E-state index in [1.807, 2.05) is 6.07 Å². The van der Waals surface area contributed by atoms with E-state index in [0.717, 1.165) is 16.6 Å². The zero-order valence-electron chi connectivity index (χ0n) is 10.1. The molecule has 1 aromatic rings. The molecule has 92 valence electrons. The van der Waals surface area contributed by atoms with Crippen molar-refractivity contribution in [3.05, 3.63) is 28.2 Å². The summed E-state index contributed by atoms with van der Waals surface area (Å²) >= 11 is 3.39. The smallest absolute Gasteiger partial charge is 0.0992 e. The largest absolute Gasteiger partial charge is 0.391 e. The number of benzene rings is 1. The first-order valence-electron chi connectivity index (χ1n) is 5.64. The van der Waals surface area contributed by atoms with E-state index in [4.69, 9.17) is 5.26 Å². The number of hydrogen-bond acceptors (Lipinski definition) is 3. The van der Waals surface area contributed by atoms with E-state index < -0.39 is 0 Å². The molecule has 0 amide bonds. The van der Waals surface area contributed by atoms with Gasteiger partial charge in [0.15, 0.2) is 0 Å². The highest BCUT2D eigenvalue weighted by Crippen LogP contribution is 2.23. The molecule has 0 fully saturated rings. The van der Waals surface area contributed by atoms with E-state index in [2.05, 4.69) is 41.2 Å². The van der Waals surface area contributed by atoms with Gasteiger partial charge in [-0.15, -0.1) is 0 Å². The van der Waals surface area contributed by atoms with Gasteiger partial charge in [-0.25, -0.2) is 0 Å². The zero-order valence-corrected chi connectivity index (χ0v) is 11.7. The number of nitriles is 1. The van der Waals surface area contributed by atoms with Crippen molar-refractivity contribution in [1.29, 1.82) is 5.26 Å². The van der Waals surface area contributed by atoms with Gasteiger partial charge in [-0.1, -0.05) is 13.8 Å². The van der Waals surface area contributed by atoms with E-state index in [1.54, 1.807) is 12.1 Å². The minimum Gasteiger partial charge on any atom is -0.391 e. The third-order valence-corrected chi connectivity index (χ3v) is 3.03. The van der Waals surface area contributed by atoms with Crippen LogP contribution < -0.4 is 5.32 Å². The van der Waals surface area contributed by atoms with E-state index in [0.29, 0.717) is 18.0 Å². The van der Waals surface area contributed by atoms with Gasteiger partial charge in [-0.05, 0) is 46.5 Å². The highest BCUT2D eigenvalue weighted by molar-refractivity contribution is 9.10. The molecule has 1 aromatic carbocycles. The Morgan fingerprint density at radius 2 is 2.18 bits per heavy atom. The van der Waals surface area contributed by atoms with Crippen LogP contribution in [0.15, 0.2) is 22.7 Å². The lowest BCUT2D eigenvalue weighted by Gasteiger charge is -2.15. The summed E-state index contributed by atoms with van der Waals surface area (Å²) < 4.78 is 0.841. The summed E-state index contributed by atoms with van der Waals surface area (Å²) in [5.74, 6) is 0.483. The first-order chi connectivity index (χ1) is 8.02. The Morgan fingerprint density at radius 1 is 1.47 bits per heavy atom. The fourth-order valence-corrected chi connectivity index (χ4v) is 2.10. The van der Waals surface area contributed by atoms with E-state index in [-0.39, 0.29) is 6.10 Å². The van der Waals surface area contributed by atoms with Crippen molar-refractivity contribution in [3.63, 3.8) is 0 Å². The first-order valence-corrected chi connectivity index (χ1v) is 6.43. The highest BCUT2D eigenvalue weighted by atomic mass is 79.9. The third kappa shape index (κ3) is 4.76. The van der Waals surface area contributed by atoms with Gasteiger partial charge in [0.25, 0.3) is 0 Å². The molecule has 1 unspecified atom stereocenters. The number of nitrogens with zero attached hydrogens (tertiary/aromatic N) is 1. The lowest BCUT2D eigenvalue weighted by Crippen LogP contribution is -2.21. The number of halogens is 1. The van der Waals surface area contributed by atoms with E-state index in [9.17, 15) is 5.11 Å². The zero-order chi connectivity index (χ0) is 12.8. The number of hydrogen-bond donors (Lipinski definition) is 2. The molecule has 2 N–H and O–H groups in total. The maximum atomic E-state index is 9.74. The monoisotopic (exact) mass is 296 g/mol. The van der Waals surface area contributed by atoms with Crippen molar-refractivity contribution < 1.29 is 5.11 Å². The Kier molecular flexibility index (Phi) is 5.46. The summed E-state index contributed by atoms with van der Waals surface area (Å²) in [5.41, 5.74) is 1.51. The molecule has 1 atom stereocenters. The van der Waals surface area contributed by atoms with Crippen LogP contribution in [-0.4, -0.2) is 17.8 Å². The van der Waals surface area contributed by atoms with E-state index in [1.165, 1.54) is 0 Å². The fourth-order valence-electron chi connectivity index (χ4n) is 1.58. The van der Waals surface area contributed by atoms with Gasteiger partial charge in [0.1, 0.15) is 0 Å². The summed E-state index contributed by atoms with van der Waals surface area (Å²) in [6, 6.07) is 7.43. The molecule has 0 aliphatic heterocycles.